The lowest BCUT2D eigenvalue weighted by Gasteiger charge is -2.20. The summed E-state index contributed by atoms with van der Waals surface area (Å²) in [5, 5.41) is 0. The molecule has 0 fully saturated rings. The Kier molecular flexibility index (Phi) is 8.17. The molecule has 102 valence electrons. The number of carbonyl (C=O) groups is 1. The van der Waals surface area contributed by atoms with Gasteiger partial charge < -0.3 is 14.2 Å². The van der Waals surface area contributed by atoms with Crippen molar-refractivity contribution in [2.24, 2.45) is 5.41 Å². The first-order valence-corrected chi connectivity index (χ1v) is 6.30. The van der Waals surface area contributed by atoms with Gasteiger partial charge in [-0.25, -0.2) is 0 Å². The van der Waals surface area contributed by atoms with E-state index >= 15 is 0 Å². The van der Waals surface area contributed by atoms with Crippen LogP contribution in [0.5, 0.6) is 0 Å². The molecule has 0 spiro atoms. The van der Waals surface area contributed by atoms with Crippen LogP contribution >= 0.6 is 0 Å². The highest BCUT2D eigenvalue weighted by molar-refractivity contribution is 5.75. The van der Waals surface area contributed by atoms with Gasteiger partial charge in [0.2, 0.25) is 0 Å². The molecule has 0 aromatic carbocycles. The second kappa shape index (κ2) is 8.48. The third kappa shape index (κ3) is 7.34. The molecule has 0 aromatic heterocycles. The standard InChI is InChI=1S/C13H26O4/c1-6-13(4,5)12(14)17-9-8-15-10-11(3)16-7-2/h11H,6-10H2,1-5H3. The van der Waals surface area contributed by atoms with E-state index in [4.69, 9.17) is 14.2 Å². The molecule has 0 heterocycles. The predicted octanol–water partition coefficient (Wildman–Crippen LogP) is 2.41. The van der Waals surface area contributed by atoms with Crippen molar-refractivity contribution < 1.29 is 19.0 Å². The van der Waals surface area contributed by atoms with Gasteiger partial charge in [0.1, 0.15) is 6.61 Å². The number of rotatable bonds is 9. The molecule has 17 heavy (non-hydrogen) atoms. The van der Waals surface area contributed by atoms with Crippen LogP contribution in [-0.2, 0) is 19.0 Å². The van der Waals surface area contributed by atoms with E-state index in [0.717, 1.165) is 6.42 Å². The van der Waals surface area contributed by atoms with E-state index in [1.807, 2.05) is 34.6 Å². The summed E-state index contributed by atoms with van der Waals surface area (Å²) in [5.41, 5.74) is -0.404. The van der Waals surface area contributed by atoms with Gasteiger partial charge in [0, 0.05) is 6.61 Å². The first kappa shape index (κ1) is 16.4. The van der Waals surface area contributed by atoms with Crippen molar-refractivity contribution >= 4 is 5.97 Å². The van der Waals surface area contributed by atoms with Gasteiger partial charge in [0.05, 0.1) is 24.7 Å². The summed E-state index contributed by atoms with van der Waals surface area (Å²) in [6, 6.07) is 0. The first-order valence-electron chi connectivity index (χ1n) is 6.30. The third-order valence-corrected chi connectivity index (χ3v) is 2.70. The minimum atomic E-state index is -0.404. The lowest BCUT2D eigenvalue weighted by Crippen LogP contribution is -2.27. The fourth-order valence-electron chi connectivity index (χ4n) is 1.11. The smallest absolute Gasteiger partial charge is 0.311 e. The Balaban J connectivity index is 3.55. The fraction of sp³-hybridized carbons (Fsp3) is 0.923. The van der Waals surface area contributed by atoms with E-state index in [-0.39, 0.29) is 12.1 Å². The van der Waals surface area contributed by atoms with Crippen LogP contribution in [-0.4, -0.2) is 38.5 Å². The van der Waals surface area contributed by atoms with Gasteiger partial charge in [0.25, 0.3) is 0 Å². The number of carbonyl (C=O) groups excluding carboxylic acids is 1. The quantitative estimate of drug-likeness (QED) is 0.463. The number of ether oxygens (including phenoxy) is 3. The second-order valence-electron chi connectivity index (χ2n) is 4.71. The van der Waals surface area contributed by atoms with Crippen LogP contribution < -0.4 is 0 Å². The second-order valence-corrected chi connectivity index (χ2v) is 4.71. The van der Waals surface area contributed by atoms with E-state index < -0.39 is 5.41 Å². The highest BCUT2D eigenvalue weighted by Crippen LogP contribution is 2.21. The molecule has 0 bridgehead atoms. The molecule has 0 amide bonds. The Morgan fingerprint density at radius 2 is 1.88 bits per heavy atom. The van der Waals surface area contributed by atoms with E-state index in [0.29, 0.717) is 26.4 Å². The van der Waals surface area contributed by atoms with Crippen molar-refractivity contribution in [1.29, 1.82) is 0 Å². The highest BCUT2D eigenvalue weighted by Gasteiger charge is 2.26. The summed E-state index contributed by atoms with van der Waals surface area (Å²) in [6.45, 7) is 11.6. The van der Waals surface area contributed by atoms with E-state index in [1.165, 1.54) is 0 Å². The van der Waals surface area contributed by atoms with E-state index in [9.17, 15) is 4.79 Å². The average Bonchev–Trinajstić information content (AvgIpc) is 2.28. The maximum absolute atomic E-state index is 11.6. The topological polar surface area (TPSA) is 44.8 Å². The van der Waals surface area contributed by atoms with Crippen LogP contribution in [0.1, 0.15) is 41.0 Å². The normalized spacial score (nSPS) is 13.5. The van der Waals surface area contributed by atoms with Crippen molar-refractivity contribution in [3.05, 3.63) is 0 Å². The maximum Gasteiger partial charge on any atom is 0.311 e. The zero-order valence-corrected chi connectivity index (χ0v) is 11.7. The Morgan fingerprint density at radius 3 is 2.41 bits per heavy atom. The summed E-state index contributed by atoms with van der Waals surface area (Å²) in [7, 11) is 0. The van der Waals surface area contributed by atoms with Crippen molar-refractivity contribution in [3.63, 3.8) is 0 Å². The van der Waals surface area contributed by atoms with Gasteiger partial charge in [-0.3, -0.25) is 4.79 Å². The van der Waals surface area contributed by atoms with Gasteiger partial charge in [-0.15, -0.1) is 0 Å². The molecule has 4 nitrogen and oxygen atoms in total. The molecule has 0 aliphatic rings. The van der Waals surface area contributed by atoms with Crippen molar-refractivity contribution in [1.82, 2.24) is 0 Å². The van der Waals surface area contributed by atoms with Crippen LogP contribution in [0.15, 0.2) is 0 Å². The predicted molar refractivity (Wildman–Crippen MR) is 66.9 cm³/mol. The SMILES string of the molecule is CCOC(C)COCCOC(=O)C(C)(C)CC. The van der Waals surface area contributed by atoms with E-state index in [2.05, 4.69) is 0 Å². The molecular formula is C13H26O4. The Bertz CT molecular complexity index is 213. The summed E-state index contributed by atoms with van der Waals surface area (Å²) in [6.07, 6.45) is 0.858. The van der Waals surface area contributed by atoms with Gasteiger partial charge >= 0.3 is 5.97 Å². The van der Waals surface area contributed by atoms with Crippen LogP contribution in [0.3, 0.4) is 0 Å². The third-order valence-electron chi connectivity index (χ3n) is 2.70. The number of hydrogen-bond acceptors (Lipinski definition) is 4. The molecule has 0 saturated carbocycles. The molecule has 0 radical (unpaired) electrons. The van der Waals surface area contributed by atoms with Crippen molar-refractivity contribution in [2.45, 2.75) is 47.1 Å². The van der Waals surface area contributed by atoms with Crippen molar-refractivity contribution in [3.8, 4) is 0 Å². The van der Waals surface area contributed by atoms with Crippen LogP contribution in [0, 0.1) is 5.41 Å². The summed E-state index contributed by atoms with van der Waals surface area (Å²) >= 11 is 0. The van der Waals surface area contributed by atoms with E-state index in [1.54, 1.807) is 0 Å². The minimum absolute atomic E-state index is 0.0859. The zero-order chi connectivity index (χ0) is 13.3. The average molecular weight is 246 g/mol. The Labute approximate surface area is 105 Å². The van der Waals surface area contributed by atoms with Crippen molar-refractivity contribution in [2.75, 3.05) is 26.4 Å². The van der Waals surface area contributed by atoms with Gasteiger partial charge in [-0.2, -0.15) is 0 Å². The molecule has 0 N–H and O–H groups in total. The largest absolute Gasteiger partial charge is 0.463 e. The zero-order valence-electron chi connectivity index (χ0n) is 11.7. The maximum atomic E-state index is 11.6. The molecule has 1 atom stereocenters. The minimum Gasteiger partial charge on any atom is -0.463 e. The fourth-order valence-corrected chi connectivity index (χ4v) is 1.11. The summed E-state index contributed by atoms with van der Waals surface area (Å²) in [4.78, 5) is 11.6. The first-order chi connectivity index (χ1) is 7.94. The Hall–Kier alpha value is -0.610. The van der Waals surface area contributed by atoms with Crippen LogP contribution in [0.2, 0.25) is 0 Å². The number of hydrogen-bond donors (Lipinski definition) is 0. The van der Waals surface area contributed by atoms with Gasteiger partial charge in [-0.05, 0) is 34.1 Å². The van der Waals surface area contributed by atoms with Gasteiger partial charge in [-0.1, -0.05) is 6.92 Å². The molecule has 4 heteroatoms. The molecule has 0 aromatic rings. The molecule has 0 rings (SSSR count). The lowest BCUT2D eigenvalue weighted by atomic mass is 9.91. The lowest BCUT2D eigenvalue weighted by molar-refractivity contribution is -0.156. The molecule has 1 unspecified atom stereocenters. The van der Waals surface area contributed by atoms with Gasteiger partial charge in [0.15, 0.2) is 0 Å². The molecule has 0 saturated heterocycles. The molecule has 0 aliphatic carbocycles. The van der Waals surface area contributed by atoms with Crippen LogP contribution in [0.25, 0.3) is 0 Å². The monoisotopic (exact) mass is 246 g/mol. The van der Waals surface area contributed by atoms with Crippen LogP contribution in [0.4, 0.5) is 0 Å². The summed E-state index contributed by atoms with van der Waals surface area (Å²) < 4.78 is 15.8. The highest BCUT2D eigenvalue weighted by atomic mass is 16.6. The molecular weight excluding hydrogens is 220 g/mol. The summed E-state index contributed by atoms with van der Waals surface area (Å²) in [5.74, 6) is -0.165. The Morgan fingerprint density at radius 1 is 1.24 bits per heavy atom. The number of esters is 1. The molecule has 0 aliphatic heterocycles.